The van der Waals surface area contributed by atoms with Crippen molar-refractivity contribution >= 4 is 34.4 Å². The zero-order valence-corrected chi connectivity index (χ0v) is 15.2. The van der Waals surface area contributed by atoms with Crippen molar-refractivity contribution in [2.75, 3.05) is 10.6 Å². The van der Waals surface area contributed by atoms with E-state index in [1.54, 1.807) is 48.8 Å². The van der Waals surface area contributed by atoms with Gasteiger partial charge >= 0.3 is 0 Å². The molecule has 4 rings (SSSR count). The minimum atomic E-state index is -0.336. The molecule has 142 valence electrons. The summed E-state index contributed by atoms with van der Waals surface area (Å²) < 4.78 is 1.46. The van der Waals surface area contributed by atoms with Gasteiger partial charge in [-0.15, -0.1) is 0 Å². The van der Waals surface area contributed by atoms with Gasteiger partial charge in [0.25, 0.3) is 5.56 Å². The van der Waals surface area contributed by atoms with Crippen molar-refractivity contribution in [2.24, 2.45) is 0 Å². The monoisotopic (exact) mass is 384 g/mol. The molecule has 0 spiro atoms. The molecule has 1 amide bonds. The fourth-order valence-electron chi connectivity index (χ4n) is 2.80. The Labute approximate surface area is 165 Å². The van der Waals surface area contributed by atoms with Crippen molar-refractivity contribution in [3.63, 3.8) is 0 Å². The molecule has 0 radical (unpaired) electrons. The molecular weight excluding hydrogens is 368 g/mol. The molecule has 1 aromatic carbocycles. The number of fused-ring (bicyclic) bond motifs is 1. The Morgan fingerprint density at radius 1 is 1.07 bits per heavy atom. The fourth-order valence-corrected chi connectivity index (χ4v) is 2.80. The number of aromatic nitrogens is 4. The van der Waals surface area contributed by atoms with Crippen LogP contribution in [0.15, 0.2) is 84.4 Å². The van der Waals surface area contributed by atoms with Crippen LogP contribution in [0.3, 0.4) is 0 Å². The predicted octanol–water partition coefficient (Wildman–Crippen LogP) is 3.04. The van der Waals surface area contributed by atoms with E-state index >= 15 is 0 Å². The van der Waals surface area contributed by atoms with Crippen molar-refractivity contribution in [3.8, 4) is 5.69 Å². The third kappa shape index (κ3) is 3.86. The van der Waals surface area contributed by atoms with E-state index < -0.39 is 0 Å². The highest BCUT2D eigenvalue weighted by Crippen LogP contribution is 2.19. The molecule has 3 heterocycles. The molecule has 0 bridgehead atoms. The van der Waals surface area contributed by atoms with E-state index in [4.69, 9.17) is 0 Å². The van der Waals surface area contributed by atoms with E-state index in [9.17, 15) is 9.59 Å². The number of anilines is 3. The lowest BCUT2D eigenvalue weighted by Crippen LogP contribution is -2.19. The molecule has 0 saturated heterocycles. The first-order chi connectivity index (χ1) is 14.1. The Bertz CT molecular complexity index is 1270. The first-order valence-electron chi connectivity index (χ1n) is 8.75. The zero-order valence-electron chi connectivity index (χ0n) is 15.2. The highest BCUT2D eigenvalue weighted by Gasteiger charge is 2.10. The van der Waals surface area contributed by atoms with Crippen LogP contribution in [0, 0.1) is 0 Å². The van der Waals surface area contributed by atoms with Crippen LogP contribution in [0.1, 0.15) is 0 Å². The van der Waals surface area contributed by atoms with Crippen molar-refractivity contribution in [1.82, 2.24) is 19.5 Å². The maximum Gasteiger partial charge on any atom is 0.256 e. The van der Waals surface area contributed by atoms with Crippen LogP contribution in [-0.2, 0) is 4.79 Å². The van der Waals surface area contributed by atoms with Crippen LogP contribution in [0.5, 0.6) is 0 Å². The SMILES string of the molecule is C=CC(=O)Nc1cccc(-n2c(=O)ccc3cnc(Nc4ccccn4)nc32)c1. The third-order valence-electron chi connectivity index (χ3n) is 4.10. The fraction of sp³-hybridized carbons (Fsp3) is 0. The number of rotatable bonds is 5. The highest BCUT2D eigenvalue weighted by molar-refractivity contribution is 5.99. The average molecular weight is 384 g/mol. The number of hydrogen-bond donors (Lipinski definition) is 2. The summed E-state index contributed by atoms with van der Waals surface area (Å²) in [5.74, 6) is 0.564. The largest absolute Gasteiger partial charge is 0.322 e. The molecule has 3 aromatic heterocycles. The van der Waals surface area contributed by atoms with Crippen molar-refractivity contribution < 1.29 is 4.79 Å². The second kappa shape index (κ2) is 7.73. The summed E-state index contributed by atoms with van der Waals surface area (Å²) in [6, 6.07) is 15.5. The Balaban J connectivity index is 1.81. The van der Waals surface area contributed by atoms with Crippen LogP contribution in [0.25, 0.3) is 16.7 Å². The highest BCUT2D eigenvalue weighted by atomic mass is 16.1. The van der Waals surface area contributed by atoms with E-state index in [1.165, 1.54) is 16.7 Å². The molecule has 8 nitrogen and oxygen atoms in total. The van der Waals surface area contributed by atoms with Crippen LogP contribution >= 0.6 is 0 Å². The van der Waals surface area contributed by atoms with Crippen molar-refractivity contribution in [3.05, 3.63) is 90.0 Å². The van der Waals surface area contributed by atoms with Gasteiger partial charge in [0.2, 0.25) is 11.9 Å². The predicted molar refractivity (Wildman–Crippen MR) is 111 cm³/mol. The normalized spacial score (nSPS) is 10.5. The summed E-state index contributed by atoms with van der Waals surface area (Å²) in [7, 11) is 0. The summed E-state index contributed by atoms with van der Waals surface area (Å²) in [5.41, 5.74) is 1.27. The van der Waals surface area contributed by atoms with Crippen molar-refractivity contribution in [1.29, 1.82) is 0 Å². The van der Waals surface area contributed by atoms with Gasteiger partial charge in [0.15, 0.2) is 5.65 Å². The van der Waals surface area contributed by atoms with Gasteiger partial charge in [0.1, 0.15) is 5.82 Å². The molecule has 0 atom stereocenters. The van der Waals surface area contributed by atoms with Crippen LogP contribution in [-0.4, -0.2) is 25.4 Å². The molecular formula is C21H16N6O2. The summed E-state index contributed by atoms with van der Waals surface area (Å²) >= 11 is 0. The summed E-state index contributed by atoms with van der Waals surface area (Å²) in [5, 5.41) is 6.40. The van der Waals surface area contributed by atoms with Gasteiger partial charge in [-0.25, -0.2) is 9.97 Å². The van der Waals surface area contributed by atoms with Gasteiger partial charge in [0.05, 0.1) is 5.69 Å². The van der Waals surface area contributed by atoms with Gasteiger partial charge in [-0.1, -0.05) is 18.7 Å². The first-order valence-corrected chi connectivity index (χ1v) is 8.75. The number of nitrogens with one attached hydrogen (secondary N) is 2. The van der Waals surface area contributed by atoms with Crippen LogP contribution in [0.4, 0.5) is 17.5 Å². The van der Waals surface area contributed by atoms with E-state index in [1.807, 2.05) is 12.1 Å². The van der Waals surface area contributed by atoms with E-state index in [-0.39, 0.29) is 11.5 Å². The number of hydrogen-bond acceptors (Lipinski definition) is 6. The number of nitrogens with zero attached hydrogens (tertiary/aromatic N) is 4. The average Bonchev–Trinajstić information content (AvgIpc) is 2.74. The number of carbonyl (C=O) groups is 1. The molecule has 0 unspecified atom stereocenters. The smallest absolute Gasteiger partial charge is 0.256 e. The lowest BCUT2D eigenvalue weighted by atomic mass is 10.2. The molecule has 2 N–H and O–H groups in total. The minimum absolute atomic E-state index is 0.257. The maximum atomic E-state index is 12.7. The quantitative estimate of drug-likeness (QED) is 0.513. The lowest BCUT2D eigenvalue weighted by Gasteiger charge is -2.12. The van der Waals surface area contributed by atoms with Gasteiger partial charge in [0, 0.05) is 29.5 Å². The maximum absolute atomic E-state index is 12.7. The topological polar surface area (TPSA) is 102 Å². The van der Waals surface area contributed by atoms with E-state index in [2.05, 4.69) is 32.2 Å². The first kappa shape index (κ1) is 18.1. The minimum Gasteiger partial charge on any atom is -0.322 e. The molecule has 4 aromatic rings. The second-order valence-electron chi connectivity index (χ2n) is 6.06. The Kier molecular flexibility index (Phi) is 4.81. The molecule has 8 heteroatoms. The van der Waals surface area contributed by atoms with Gasteiger partial charge in [-0.2, -0.15) is 4.98 Å². The zero-order chi connectivity index (χ0) is 20.2. The summed E-state index contributed by atoms with van der Waals surface area (Å²) in [4.78, 5) is 37.2. The van der Waals surface area contributed by atoms with Crippen molar-refractivity contribution in [2.45, 2.75) is 0 Å². The van der Waals surface area contributed by atoms with Gasteiger partial charge in [-0.05, 0) is 42.5 Å². The molecule has 0 aliphatic carbocycles. The molecule has 0 fully saturated rings. The summed E-state index contributed by atoms with van der Waals surface area (Å²) in [6.07, 6.45) is 4.47. The molecule has 0 aliphatic heterocycles. The van der Waals surface area contributed by atoms with Gasteiger partial charge < -0.3 is 10.6 Å². The van der Waals surface area contributed by atoms with E-state index in [0.29, 0.717) is 34.2 Å². The molecule has 29 heavy (non-hydrogen) atoms. The standard InChI is InChI=1S/C21H16N6O2/c1-2-18(28)24-15-6-5-7-16(12-15)27-19(29)10-9-14-13-23-21(26-20(14)27)25-17-8-3-4-11-22-17/h2-13H,1H2,(H,24,28)(H,22,23,25,26). The Morgan fingerprint density at radius 2 is 1.97 bits per heavy atom. The summed E-state index contributed by atoms with van der Waals surface area (Å²) in [6.45, 7) is 3.44. The number of benzene rings is 1. The third-order valence-corrected chi connectivity index (χ3v) is 4.10. The number of pyridine rings is 2. The van der Waals surface area contributed by atoms with E-state index in [0.717, 1.165) is 0 Å². The Morgan fingerprint density at radius 3 is 2.76 bits per heavy atom. The number of amides is 1. The number of carbonyl (C=O) groups excluding carboxylic acids is 1. The van der Waals surface area contributed by atoms with Gasteiger partial charge in [-0.3, -0.25) is 14.2 Å². The van der Waals surface area contributed by atoms with Crippen LogP contribution in [0.2, 0.25) is 0 Å². The molecule has 0 aliphatic rings. The van der Waals surface area contributed by atoms with Crippen LogP contribution < -0.4 is 16.2 Å². The lowest BCUT2D eigenvalue weighted by molar-refractivity contribution is -0.111. The second-order valence-corrected chi connectivity index (χ2v) is 6.06. The Hall–Kier alpha value is -4.33. The molecule has 0 saturated carbocycles.